The highest BCUT2D eigenvalue weighted by atomic mass is 35.5. The number of ketones is 1. The predicted octanol–water partition coefficient (Wildman–Crippen LogP) is 3.20. The third kappa shape index (κ3) is 1.95. The molecule has 0 heterocycles. The Morgan fingerprint density at radius 1 is 1.38 bits per heavy atom. The monoisotopic (exact) mass is 218 g/mol. The average Bonchev–Trinajstić information content (AvgIpc) is 2.04. The van der Waals surface area contributed by atoms with Crippen LogP contribution >= 0.6 is 23.2 Å². The second-order valence-electron chi connectivity index (χ2n) is 2.49. The largest absolute Gasteiger partial charge is 0.495 e. The zero-order chi connectivity index (χ0) is 10.0. The Kier molecular flexibility index (Phi) is 3.17. The van der Waals surface area contributed by atoms with Crippen LogP contribution in [0.15, 0.2) is 12.1 Å². The Bertz CT molecular complexity index is 348. The summed E-state index contributed by atoms with van der Waals surface area (Å²) in [4.78, 5) is 11.1. The van der Waals surface area contributed by atoms with Crippen molar-refractivity contribution in [3.63, 3.8) is 0 Å². The quantitative estimate of drug-likeness (QED) is 0.714. The van der Waals surface area contributed by atoms with Gasteiger partial charge in [-0.2, -0.15) is 0 Å². The summed E-state index contributed by atoms with van der Waals surface area (Å²) in [7, 11) is 1.49. The van der Waals surface area contributed by atoms with Crippen LogP contribution in [0, 0.1) is 0 Å². The van der Waals surface area contributed by atoms with E-state index < -0.39 is 0 Å². The molecule has 1 aromatic carbocycles. The van der Waals surface area contributed by atoms with Gasteiger partial charge in [0.2, 0.25) is 0 Å². The molecule has 2 nitrogen and oxygen atoms in total. The summed E-state index contributed by atoms with van der Waals surface area (Å²) >= 11 is 11.7. The van der Waals surface area contributed by atoms with Gasteiger partial charge >= 0.3 is 0 Å². The van der Waals surface area contributed by atoms with E-state index in [0.717, 1.165) is 0 Å². The first kappa shape index (κ1) is 10.4. The molecule has 4 heteroatoms. The number of hydrogen-bond acceptors (Lipinski definition) is 2. The number of ether oxygens (including phenoxy) is 1. The molecule has 0 aromatic heterocycles. The van der Waals surface area contributed by atoms with Crippen LogP contribution in [-0.4, -0.2) is 12.9 Å². The molecule has 0 saturated heterocycles. The lowest BCUT2D eigenvalue weighted by Gasteiger charge is -2.07. The molecular formula is C9H8Cl2O2. The molecule has 0 saturated carbocycles. The number of rotatable bonds is 2. The number of carbonyl (C=O) groups is 1. The molecule has 0 N–H and O–H groups in total. The first-order valence-electron chi connectivity index (χ1n) is 3.61. The summed E-state index contributed by atoms with van der Waals surface area (Å²) in [6.45, 7) is 1.41. The van der Waals surface area contributed by atoms with Gasteiger partial charge in [0.05, 0.1) is 22.7 Å². The summed E-state index contributed by atoms with van der Waals surface area (Å²) in [6.07, 6.45) is 0. The van der Waals surface area contributed by atoms with Gasteiger partial charge in [0.1, 0.15) is 5.75 Å². The van der Waals surface area contributed by atoms with Gasteiger partial charge in [-0.25, -0.2) is 0 Å². The predicted molar refractivity (Wildman–Crippen MR) is 53.0 cm³/mol. The first-order valence-corrected chi connectivity index (χ1v) is 4.36. The number of halogens is 2. The van der Waals surface area contributed by atoms with Crippen molar-refractivity contribution >= 4 is 29.0 Å². The van der Waals surface area contributed by atoms with Gasteiger partial charge in [0, 0.05) is 0 Å². The Hall–Kier alpha value is -0.730. The molecule has 0 radical (unpaired) electrons. The molecule has 1 aromatic rings. The lowest BCUT2D eigenvalue weighted by atomic mass is 10.1. The van der Waals surface area contributed by atoms with Crippen LogP contribution in [0.4, 0.5) is 0 Å². The molecular weight excluding hydrogens is 211 g/mol. The molecule has 0 fully saturated rings. The van der Waals surface area contributed by atoms with Crippen molar-refractivity contribution in [2.45, 2.75) is 6.92 Å². The highest BCUT2D eigenvalue weighted by Gasteiger charge is 2.14. The second kappa shape index (κ2) is 3.99. The Balaban J connectivity index is 3.38. The normalized spacial score (nSPS) is 9.85. The lowest BCUT2D eigenvalue weighted by Crippen LogP contribution is -1.97. The molecule has 0 unspecified atom stereocenters. The topological polar surface area (TPSA) is 26.3 Å². The van der Waals surface area contributed by atoms with Crippen LogP contribution in [0.25, 0.3) is 0 Å². The van der Waals surface area contributed by atoms with Gasteiger partial charge in [-0.15, -0.1) is 0 Å². The molecule has 0 spiro atoms. The van der Waals surface area contributed by atoms with Crippen molar-refractivity contribution in [3.8, 4) is 5.75 Å². The maximum absolute atomic E-state index is 11.1. The zero-order valence-corrected chi connectivity index (χ0v) is 8.74. The van der Waals surface area contributed by atoms with Crippen LogP contribution in [0.3, 0.4) is 0 Å². The summed E-state index contributed by atoms with van der Waals surface area (Å²) < 4.78 is 4.95. The molecule has 0 amide bonds. The van der Waals surface area contributed by atoms with Crippen molar-refractivity contribution < 1.29 is 9.53 Å². The fraction of sp³-hybridized carbons (Fsp3) is 0.222. The number of benzene rings is 1. The number of hydrogen-bond donors (Lipinski definition) is 0. The second-order valence-corrected chi connectivity index (χ2v) is 3.28. The van der Waals surface area contributed by atoms with Gasteiger partial charge in [-0.05, 0) is 19.1 Å². The SMILES string of the molecule is COc1ccc(Cl)c(C(C)=O)c1Cl. The van der Waals surface area contributed by atoms with Crippen molar-refractivity contribution in [2.75, 3.05) is 7.11 Å². The molecule has 70 valence electrons. The van der Waals surface area contributed by atoms with Crippen LogP contribution in [0.2, 0.25) is 10.0 Å². The van der Waals surface area contributed by atoms with Gasteiger partial charge in [-0.1, -0.05) is 23.2 Å². The number of carbonyl (C=O) groups excluding carboxylic acids is 1. The molecule has 0 aliphatic carbocycles. The average molecular weight is 219 g/mol. The van der Waals surface area contributed by atoms with E-state index in [9.17, 15) is 4.79 Å². The molecule has 0 bridgehead atoms. The fourth-order valence-corrected chi connectivity index (χ4v) is 1.73. The van der Waals surface area contributed by atoms with E-state index in [4.69, 9.17) is 27.9 Å². The maximum atomic E-state index is 11.1. The van der Waals surface area contributed by atoms with Crippen LogP contribution in [0.1, 0.15) is 17.3 Å². The number of methoxy groups -OCH3 is 1. The minimum atomic E-state index is -0.172. The molecule has 1 rings (SSSR count). The smallest absolute Gasteiger partial charge is 0.162 e. The van der Waals surface area contributed by atoms with Crippen LogP contribution < -0.4 is 4.74 Å². The molecule has 13 heavy (non-hydrogen) atoms. The summed E-state index contributed by atoms with van der Waals surface area (Å²) in [5.41, 5.74) is 0.308. The standard InChI is InChI=1S/C9H8Cl2O2/c1-5(12)8-6(10)3-4-7(13-2)9(8)11/h3-4H,1-2H3. The van der Waals surface area contributed by atoms with Crippen molar-refractivity contribution in [2.24, 2.45) is 0 Å². The summed E-state index contributed by atoms with van der Waals surface area (Å²) in [5, 5.41) is 0.612. The molecule has 0 aliphatic heterocycles. The highest BCUT2D eigenvalue weighted by Crippen LogP contribution is 2.33. The van der Waals surface area contributed by atoms with E-state index in [1.54, 1.807) is 12.1 Å². The summed E-state index contributed by atoms with van der Waals surface area (Å²) in [5.74, 6) is 0.283. The van der Waals surface area contributed by atoms with Crippen LogP contribution in [0.5, 0.6) is 5.75 Å². The van der Waals surface area contributed by atoms with Gasteiger partial charge < -0.3 is 4.74 Å². The third-order valence-electron chi connectivity index (χ3n) is 1.63. The molecule has 0 aliphatic rings. The fourth-order valence-electron chi connectivity index (χ4n) is 1.01. The van der Waals surface area contributed by atoms with Crippen LogP contribution in [-0.2, 0) is 0 Å². The van der Waals surface area contributed by atoms with E-state index >= 15 is 0 Å². The lowest BCUT2D eigenvalue weighted by molar-refractivity contribution is 0.101. The zero-order valence-electron chi connectivity index (χ0n) is 7.23. The van der Waals surface area contributed by atoms with E-state index in [2.05, 4.69) is 0 Å². The van der Waals surface area contributed by atoms with E-state index in [0.29, 0.717) is 16.3 Å². The Morgan fingerprint density at radius 3 is 2.46 bits per heavy atom. The maximum Gasteiger partial charge on any atom is 0.162 e. The van der Waals surface area contributed by atoms with Crippen molar-refractivity contribution in [1.29, 1.82) is 0 Å². The number of Topliss-reactive ketones (excluding diaryl/α,β-unsaturated/α-hetero) is 1. The van der Waals surface area contributed by atoms with E-state index in [-0.39, 0.29) is 10.8 Å². The van der Waals surface area contributed by atoms with Gasteiger partial charge in [-0.3, -0.25) is 4.79 Å². The van der Waals surface area contributed by atoms with Gasteiger partial charge in [0.25, 0.3) is 0 Å². The third-order valence-corrected chi connectivity index (χ3v) is 2.32. The first-order chi connectivity index (χ1) is 6.07. The highest BCUT2D eigenvalue weighted by molar-refractivity contribution is 6.40. The van der Waals surface area contributed by atoms with Crippen molar-refractivity contribution in [3.05, 3.63) is 27.7 Å². The van der Waals surface area contributed by atoms with E-state index in [1.165, 1.54) is 14.0 Å². The van der Waals surface area contributed by atoms with Gasteiger partial charge in [0.15, 0.2) is 5.78 Å². The minimum Gasteiger partial charge on any atom is -0.495 e. The van der Waals surface area contributed by atoms with E-state index in [1.807, 2.05) is 0 Å². The molecule has 0 atom stereocenters. The van der Waals surface area contributed by atoms with Crippen molar-refractivity contribution in [1.82, 2.24) is 0 Å². The minimum absolute atomic E-state index is 0.172. The Morgan fingerprint density at radius 2 is 2.00 bits per heavy atom. The Labute approximate surface area is 86.4 Å². The summed E-state index contributed by atoms with van der Waals surface area (Å²) in [6, 6.07) is 3.21.